The van der Waals surface area contributed by atoms with Crippen LogP contribution in [-0.2, 0) is 5.75 Å². The lowest BCUT2D eigenvalue weighted by Gasteiger charge is -2.10. The molecule has 29 heavy (non-hydrogen) atoms. The Morgan fingerprint density at radius 2 is 1.79 bits per heavy atom. The second-order valence-electron chi connectivity index (χ2n) is 6.76. The van der Waals surface area contributed by atoms with Crippen LogP contribution in [-0.4, -0.2) is 24.1 Å². The summed E-state index contributed by atoms with van der Waals surface area (Å²) in [7, 11) is 0. The smallest absolute Gasteiger partial charge is 0.291 e. The van der Waals surface area contributed by atoms with Crippen molar-refractivity contribution in [3.8, 4) is 0 Å². The van der Waals surface area contributed by atoms with Crippen LogP contribution >= 0.6 is 11.8 Å². The van der Waals surface area contributed by atoms with Gasteiger partial charge in [0.25, 0.3) is 11.8 Å². The van der Waals surface area contributed by atoms with Gasteiger partial charge in [-0.1, -0.05) is 35.9 Å². The Morgan fingerprint density at radius 1 is 1.00 bits per heavy atom. The highest BCUT2D eigenvalue weighted by molar-refractivity contribution is 7.98. The van der Waals surface area contributed by atoms with E-state index in [1.54, 1.807) is 36.0 Å². The summed E-state index contributed by atoms with van der Waals surface area (Å²) in [6.45, 7) is 4.53. The van der Waals surface area contributed by atoms with Crippen molar-refractivity contribution in [2.75, 3.05) is 17.6 Å². The first kappa shape index (κ1) is 20.7. The monoisotopic (exact) mass is 408 g/mol. The fraction of sp³-hybridized carbons (Fsp3) is 0.217. The van der Waals surface area contributed by atoms with Gasteiger partial charge in [-0.2, -0.15) is 11.8 Å². The summed E-state index contributed by atoms with van der Waals surface area (Å²) in [5, 5.41) is 5.72. The second kappa shape index (κ2) is 9.98. The van der Waals surface area contributed by atoms with Gasteiger partial charge in [0.1, 0.15) is 0 Å². The molecular formula is C23H24N2O3S. The molecule has 0 aliphatic rings. The predicted molar refractivity (Wildman–Crippen MR) is 118 cm³/mol. The molecule has 1 aromatic heterocycles. The highest BCUT2D eigenvalue weighted by Crippen LogP contribution is 2.18. The molecular weight excluding hydrogens is 384 g/mol. The summed E-state index contributed by atoms with van der Waals surface area (Å²) in [5.74, 6) is 1.47. The molecule has 0 atom stereocenters. The minimum atomic E-state index is -0.344. The van der Waals surface area contributed by atoms with Crippen LogP contribution in [0.4, 0.5) is 5.69 Å². The van der Waals surface area contributed by atoms with Gasteiger partial charge in [0, 0.05) is 29.3 Å². The first-order chi connectivity index (χ1) is 14.0. The number of nitrogens with one attached hydrogen (secondary N) is 2. The number of anilines is 1. The lowest BCUT2D eigenvalue weighted by atomic mass is 10.1. The number of hydrogen-bond acceptors (Lipinski definition) is 4. The van der Waals surface area contributed by atoms with Crippen molar-refractivity contribution in [2.45, 2.75) is 19.6 Å². The van der Waals surface area contributed by atoms with Gasteiger partial charge >= 0.3 is 0 Å². The number of amides is 2. The third kappa shape index (κ3) is 5.99. The van der Waals surface area contributed by atoms with Crippen LogP contribution in [0.1, 0.15) is 37.6 Å². The van der Waals surface area contributed by atoms with Gasteiger partial charge in [-0.25, -0.2) is 0 Å². The molecule has 2 N–H and O–H groups in total. The molecule has 150 valence electrons. The van der Waals surface area contributed by atoms with Crippen molar-refractivity contribution in [3.63, 3.8) is 0 Å². The quantitative estimate of drug-likeness (QED) is 0.525. The molecule has 3 rings (SSSR count). The maximum Gasteiger partial charge on any atom is 0.291 e. The number of rotatable bonds is 8. The van der Waals surface area contributed by atoms with Gasteiger partial charge in [0.2, 0.25) is 0 Å². The number of carbonyl (C=O) groups is 2. The van der Waals surface area contributed by atoms with Crippen molar-refractivity contribution in [3.05, 3.63) is 88.9 Å². The first-order valence-electron chi connectivity index (χ1n) is 9.40. The molecule has 0 fully saturated rings. The summed E-state index contributed by atoms with van der Waals surface area (Å²) in [4.78, 5) is 24.6. The molecule has 2 amide bonds. The van der Waals surface area contributed by atoms with Crippen LogP contribution in [0.3, 0.4) is 0 Å². The Labute approximate surface area is 174 Å². The Kier molecular flexibility index (Phi) is 7.14. The van der Waals surface area contributed by atoms with Crippen LogP contribution in [0, 0.1) is 13.8 Å². The summed E-state index contributed by atoms with van der Waals surface area (Å²) in [5.41, 5.74) is 4.50. The van der Waals surface area contributed by atoms with Gasteiger partial charge in [0.05, 0.1) is 6.26 Å². The number of benzene rings is 2. The average molecular weight is 409 g/mol. The lowest BCUT2D eigenvalue weighted by Crippen LogP contribution is -2.26. The molecule has 2 aromatic carbocycles. The fourth-order valence-electron chi connectivity index (χ4n) is 2.70. The van der Waals surface area contributed by atoms with E-state index in [1.165, 1.54) is 17.4 Å². The number of aryl methyl sites for hydroxylation is 2. The molecule has 0 bridgehead atoms. The minimum Gasteiger partial charge on any atom is -0.459 e. The SMILES string of the molecule is Cc1ccc(CSCCNC(=O)c2ccc(C)c(NC(=O)c3ccco3)c2)cc1. The maximum atomic E-state index is 12.4. The lowest BCUT2D eigenvalue weighted by molar-refractivity contribution is 0.0954. The molecule has 5 nitrogen and oxygen atoms in total. The Bertz CT molecular complexity index is 966. The molecule has 0 spiro atoms. The second-order valence-corrected chi connectivity index (χ2v) is 7.86. The summed E-state index contributed by atoms with van der Waals surface area (Å²) in [6, 6.07) is 17.0. The number of thioether (sulfide) groups is 1. The van der Waals surface area contributed by atoms with E-state index in [4.69, 9.17) is 4.42 Å². The van der Waals surface area contributed by atoms with E-state index in [1.807, 2.05) is 13.0 Å². The zero-order valence-corrected chi connectivity index (χ0v) is 17.3. The summed E-state index contributed by atoms with van der Waals surface area (Å²) < 4.78 is 5.11. The van der Waals surface area contributed by atoms with Crippen LogP contribution in [0.2, 0.25) is 0 Å². The van der Waals surface area contributed by atoms with Crippen LogP contribution in [0.5, 0.6) is 0 Å². The Morgan fingerprint density at radius 3 is 2.52 bits per heavy atom. The van der Waals surface area contributed by atoms with E-state index < -0.39 is 0 Å². The first-order valence-corrected chi connectivity index (χ1v) is 10.6. The van der Waals surface area contributed by atoms with E-state index >= 15 is 0 Å². The number of hydrogen-bond donors (Lipinski definition) is 2. The normalized spacial score (nSPS) is 10.6. The molecule has 6 heteroatoms. The van der Waals surface area contributed by atoms with E-state index in [9.17, 15) is 9.59 Å². The minimum absolute atomic E-state index is 0.158. The van der Waals surface area contributed by atoms with Crippen molar-refractivity contribution in [2.24, 2.45) is 0 Å². The van der Waals surface area contributed by atoms with E-state index in [2.05, 4.69) is 41.8 Å². The zero-order chi connectivity index (χ0) is 20.6. The van der Waals surface area contributed by atoms with Crippen LogP contribution in [0.15, 0.2) is 65.3 Å². The van der Waals surface area contributed by atoms with Crippen molar-refractivity contribution < 1.29 is 14.0 Å². The van der Waals surface area contributed by atoms with Gasteiger partial charge in [0.15, 0.2) is 5.76 Å². The Balaban J connectivity index is 1.48. The molecule has 0 aliphatic heterocycles. The third-order valence-electron chi connectivity index (χ3n) is 4.41. The van der Waals surface area contributed by atoms with Crippen LogP contribution < -0.4 is 10.6 Å². The van der Waals surface area contributed by atoms with Gasteiger partial charge in [-0.3, -0.25) is 9.59 Å². The Hall–Kier alpha value is -2.99. The summed E-state index contributed by atoms with van der Waals surface area (Å²) >= 11 is 1.78. The van der Waals surface area contributed by atoms with Gasteiger partial charge in [-0.05, 0) is 49.2 Å². The fourth-order valence-corrected chi connectivity index (χ4v) is 3.52. The van der Waals surface area contributed by atoms with E-state index in [0.717, 1.165) is 17.1 Å². The third-order valence-corrected chi connectivity index (χ3v) is 5.44. The zero-order valence-electron chi connectivity index (χ0n) is 16.5. The molecule has 0 saturated carbocycles. The van der Waals surface area contributed by atoms with Crippen LogP contribution in [0.25, 0.3) is 0 Å². The van der Waals surface area contributed by atoms with Crippen molar-refractivity contribution in [1.82, 2.24) is 5.32 Å². The predicted octanol–water partition coefficient (Wildman–Crippen LogP) is 4.81. The maximum absolute atomic E-state index is 12.4. The number of furan rings is 1. The van der Waals surface area contributed by atoms with Crippen molar-refractivity contribution >= 4 is 29.3 Å². The average Bonchev–Trinajstić information content (AvgIpc) is 3.25. The van der Waals surface area contributed by atoms with Crippen molar-refractivity contribution in [1.29, 1.82) is 0 Å². The number of carbonyl (C=O) groups excluding carboxylic acids is 2. The van der Waals surface area contributed by atoms with E-state index in [-0.39, 0.29) is 17.6 Å². The highest BCUT2D eigenvalue weighted by atomic mass is 32.2. The molecule has 1 heterocycles. The molecule has 0 aliphatic carbocycles. The standard InChI is InChI=1S/C23H24N2O3S/c1-16-5-8-18(9-6-16)15-29-13-11-24-22(26)19-10-7-17(2)20(14-19)25-23(27)21-4-3-12-28-21/h3-10,12,14H,11,13,15H2,1-2H3,(H,24,26)(H,25,27). The molecule has 0 radical (unpaired) electrons. The summed E-state index contributed by atoms with van der Waals surface area (Å²) in [6.07, 6.45) is 1.45. The van der Waals surface area contributed by atoms with Gasteiger partial charge in [-0.15, -0.1) is 0 Å². The molecule has 0 saturated heterocycles. The van der Waals surface area contributed by atoms with E-state index in [0.29, 0.717) is 17.8 Å². The van der Waals surface area contributed by atoms with Gasteiger partial charge < -0.3 is 15.1 Å². The highest BCUT2D eigenvalue weighted by Gasteiger charge is 2.13. The topological polar surface area (TPSA) is 71.3 Å². The largest absolute Gasteiger partial charge is 0.459 e. The molecule has 3 aromatic rings. The molecule has 0 unspecified atom stereocenters.